The average molecular weight is 346 g/mol. The van der Waals surface area contributed by atoms with Crippen molar-refractivity contribution in [1.82, 2.24) is 4.98 Å². The number of allylic oxidation sites excluding steroid dienone is 1. The summed E-state index contributed by atoms with van der Waals surface area (Å²) in [4.78, 5) is 8.47. The Kier molecular flexibility index (Phi) is 5.64. The minimum Gasteiger partial charge on any atom is -0.396 e. The third-order valence-electron chi connectivity index (χ3n) is 3.28. The maximum absolute atomic E-state index is 14.6. The lowest BCUT2D eigenvalue weighted by Gasteiger charge is -2.10. The topological polar surface area (TPSA) is 129 Å². The second-order valence-corrected chi connectivity index (χ2v) is 5.91. The fraction of sp³-hybridized carbons (Fsp3) is 0.125. The van der Waals surface area contributed by atoms with Crippen LogP contribution in [0.3, 0.4) is 0 Å². The van der Waals surface area contributed by atoms with Crippen molar-refractivity contribution in [3.63, 3.8) is 0 Å². The zero-order valence-electron chi connectivity index (χ0n) is 13.2. The number of nitrogens with two attached hydrogens (primary N) is 4. The van der Waals surface area contributed by atoms with E-state index in [9.17, 15) is 4.39 Å². The first kappa shape index (κ1) is 17.6. The molecule has 0 spiro atoms. The Hall–Kier alpha value is -2.74. The van der Waals surface area contributed by atoms with Crippen molar-refractivity contribution in [3.8, 4) is 0 Å². The molecule has 0 atom stereocenters. The monoisotopic (exact) mass is 346 g/mol. The van der Waals surface area contributed by atoms with Gasteiger partial charge in [-0.2, -0.15) is 0 Å². The third kappa shape index (κ3) is 3.96. The largest absolute Gasteiger partial charge is 0.396 e. The highest BCUT2D eigenvalue weighted by Gasteiger charge is 2.14. The van der Waals surface area contributed by atoms with Crippen LogP contribution in [0.4, 0.5) is 21.7 Å². The number of thioether (sulfide) groups is 1. The summed E-state index contributed by atoms with van der Waals surface area (Å²) in [6.45, 7) is 0. The number of halogens is 1. The summed E-state index contributed by atoms with van der Waals surface area (Å²) >= 11 is 1.26. The first-order valence-corrected chi connectivity index (χ1v) is 8.03. The lowest BCUT2D eigenvalue weighted by molar-refractivity contribution is 0.681. The predicted molar refractivity (Wildman–Crippen MR) is 100 cm³/mol. The average Bonchev–Trinajstić information content (AvgIpc) is 2.59. The number of aromatic nitrogens is 1. The number of rotatable bonds is 5. The summed E-state index contributed by atoms with van der Waals surface area (Å²) in [5, 5.41) is 0. The molecular weight excluding hydrogens is 327 g/mol. The molecule has 126 valence electrons. The molecule has 0 saturated carbocycles. The van der Waals surface area contributed by atoms with Crippen LogP contribution in [0.2, 0.25) is 0 Å². The van der Waals surface area contributed by atoms with Gasteiger partial charge in [-0.3, -0.25) is 4.99 Å². The van der Waals surface area contributed by atoms with E-state index >= 15 is 0 Å². The molecule has 8 heteroatoms. The second kappa shape index (κ2) is 7.69. The molecule has 2 aromatic rings. The van der Waals surface area contributed by atoms with Crippen LogP contribution in [0.25, 0.3) is 5.70 Å². The minimum atomic E-state index is -0.565. The molecule has 1 aromatic carbocycles. The first-order chi connectivity index (χ1) is 11.4. The van der Waals surface area contributed by atoms with E-state index in [1.165, 1.54) is 18.8 Å². The molecule has 0 saturated heterocycles. The van der Waals surface area contributed by atoms with E-state index in [0.717, 1.165) is 0 Å². The summed E-state index contributed by atoms with van der Waals surface area (Å²) in [5.74, 6) is 0.0549. The van der Waals surface area contributed by atoms with Crippen LogP contribution in [0, 0.1) is 0 Å². The molecule has 8 N–H and O–H groups in total. The van der Waals surface area contributed by atoms with E-state index in [-0.39, 0.29) is 28.8 Å². The molecule has 1 aromatic heterocycles. The Balaban J connectivity index is 2.22. The molecule has 0 radical (unpaired) electrons. The van der Waals surface area contributed by atoms with E-state index in [1.807, 2.05) is 6.07 Å². The highest BCUT2D eigenvalue weighted by molar-refractivity contribution is 8.00. The number of nitrogens with zero attached hydrogens (tertiary/aromatic N) is 2. The van der Waals surface area contributed by atoms with Crippen LogP contribution >= 0.6 is 11.8 Å². The summed E-state index contributed by atoms with van der Waals surface area (Å²) < 4.78 is 14.6. The van der Waals surface area contributed by atoms with Gasteiger partial charge in [-0.1, -0.05) is 30.3 Å². The van der Waals surface area contributed by atoms with Gasteiger partial charge in [-0.05, 0) is 6.07 Å². The van der Waals surface area contributed by atoms with Gasteiger partial charge in [0.05, 0.1) is 17.1 Å². The predicted octanol–water partition coefficient (Wildman–Crippen LogP) is 2.29. The Bertz CT molecular complexity index is 789. The zero-order chi connectivity index (χ0) is 17.7. The Labute approximate surface area is 143 Å². The van der Waals surface area contributed by atoms with Gasteiger partial charge in [0.25, 0.3) is 0 Å². The molecule has 0 fully saturated rings. The molecule has 0 unspecified atom stereocenters. The third-order valence-corrected chi connectivity index (χ3v) is 4.35. The molecular formula is C16H19FN6S. The van der Waals surface area contributed by atoms with Crippen LogP contribution in [-0.2, 0) is 0 Å². The van der Waals surface area contributed by atoms with E-state index in [2.05, 4.69) is 9.98 Å². The molecule has 24 heavy (non-hydrogen) atoms. The summed E-state index contributed by atoms with van der Waals surface area (Å²) in [5.41, 5.74) is 24.3. The fourth-order valence-electron chi connectivity index (χ4n) is 1.96. The maximum atomic E-state index is 14.6. The van der Waals surface area contributed by atoms with Gasteiger partial charge in [0.2, 0.25) is 0 Å². The highest BCUT2D eigenvalue weighted by atomic mass is 32.2. The highest BCUT2D eigenvalue weighted by Crippen LogP contribution is 2.31. The molecule has 2 rings (SSSR count). The number of aliphatic imine (C=N–C) groups is 1. The van der Waals surface area contributed by atoms with Gasteiger partial charge in [0, 0.05) is 23.3 Å². The smallest absolute Gasteiger partial charge is 0.168 e. The summed E-state index contributed by atoms with van der Waals surface area (Å²) in [7, 11) is 1.51. The number of pyridine rings is 1. The molecule has 0 aliphatic heterocycles. The molecule has 1 heterocycles. The normalized spacial score (nSPS) is 12.8. The maximum Gasteiger partial charge on any atom is 0.168 e. The van der Waals surface area contributed by atoms with E-state index in [0.29, 0.717) is 16.1 Å². The lowest BCUT2D eigenvalue weighted by atomic mass is 10.1. The van der Waals surface area contributed by atoms with E-state index in [4.69, 9.17) is 22.9 Å². The molecule has 0 amide bonds. The number of hydrogen-bond acceptors (Lipinski definition) is 7. The molecule has 0 bridgehead atoms. The van der Waals surface area contributed by atoms with Crippen LogP contribution in [0.5, 0.6) is 0 Å². The second-order valence-electron chi connectivity index (χ2n) is 4.90. The van der Waals surface area contributed by atoms with Crippen LogP contribution in [-0.4, -0.2) is 23.5 Å². The quantitative estimate of drug-likeness (QED) is 0.485. The Morgan fingerprint density at radius 2 is 1.88 bits per heavy atom. The molecule has 0 aliphatic carbocycles. The Morgan fingerprint density at radius 1 is 1.21 bits per heavy atom. The SMILES string of the molecule is CN=C(CSc1cc(N)nc(N)c1N)C(F)=C(N)c1ccccc1. The van der Waals surface area contributed by atoms with Gasteiger partial charge in [-0.25, -0.2) is 9.37 Å². The van der Waals surface area contributed by atoms with Gasteiger partial charge in [-0.15, -0.1) is 11.8 Å². The van der Waals surface area contributed by atoms with Crippen molar-refractivity contribution in [2.75, 3.05) is 30.0 Å². The lowest BCUT2D eigenvalue weighted by Crippen LogP contribution is -2.10. The van der Waals surface area contributed by atoms with E-state index < -0.39 is 5.83 Å². The summed E-state index contributed by atoms with van der Waals surface area (Å²) in [6, 6.07) is 10.5. The van der Waals surface area contributed by atoms with Gasteiger partial charge in [0.15, 0.2) is 5.83 Å². The zero-order valence-corrected chi connectivity index (χ0v) is 14.0. The molecule has 6 nitrogen and oxygen atoms in total. The van der Waals surface area contributed by atoms with Crippen molar-refractivity contribution in [2.24, 2.45) is 10.7 Å². The minimum absolute atomic E-state index is 0.0403. The van der Waals surface area contributed by atoms with Crippen molar-refractivity contribution in [1.29, 1.82) is 0 Å². The van der Waals surface area contributed by atoms with Crippen LogP contribution in [0.1, 0.15) is 5.56 Å². The van der Waals surface area contributed by atoms with Gasteiger partial charge in [0.1, 0.15) is 11.6 Å². The standard InChI is InChI=1S/C16H19FN6S/c1-22-10(13(17)14(19)9-5-3-2-4-6-9)8-24-11-7-12(18)23-16(21)15(11)20/h2-7H,8,19-20H2,1H3,(H4,18,21,23). The molecule has 0 aliphatic rings. The van der Waals surface area contributed by atoms with Gasteiger partial charge >= 0.3 is 0 Å². The van der Waals surface area contributed by atoms with Crippen molar-refractivity contribution in [2.45, 2.75) is 4.90 Å². The fourth-order valence-corrected chi connectivity index (χ4v) is 2.97. The number of benzene rings is 1. The van der Waals surface area contributed by atoms with Crippen molar-refractivity contribution in [3.05, 3.63) is 47.8 Å². The first-order valence-electron chi connectivity index (χ1n) is 7.05. The van der Waals surface area contributed by atoms with Crippen molar-refractivity contribution >= 4 is 40.5 Å². The van der Waals surface area contributed by atoms with E-state index in [1.54, 1.807) is 30.3 Å². The number of anilines is 3. The van der Waals surface area contributed by atoms with Gasteiger partial charge < -0.3 is 22.9 Å². The Morgan fingerprint density at radius 3 is 2.50 bits per heavy atom. The van der Waals surface area contributed by atoms with Crippen LogP contribution < -0.4 is 22.9 Å². The van der Waals surface area contributed by atoms with Crippen molar-refractivity contribution < 1.29 is 4.39 Å². The number of nitrogen functional groups attached to an aromatic ring is 3. The summed E-state index contributed by atoms with van der Waals surface area (Å²) in [6.07, 6.45) is 0. The van der Waals surface area contributed by atoms with Crippen LogP contribution in [0.15, 0.2) is 52.1 Å². The number of hydrogen-bond donors (Lipinski definition) is 4.